The number of nitrogens with one attached hydrogen (secondary N) is 1. The fraction of sp³-hybridized carbons (Fsp3) is 0.417. The minimum Gasteiger partial charge on any atom is -0.497 e. The van der Waals surface area contributed by atoms with Crippen molar-refractivity contribution in [1.82, 2.24) is 10.2 Å². The van der Waals surface area contributed by atoms with Crippen molar-refractivity contribution in [3.8, 4) is 5.75 Å². The maximum Gasteiger partial charge on any atom is 0.243 e. The zero-order valence-corrected chi connectivity index (χ0v) is 18.2. The molecule has 2 aromatic rings. The summed E-state index contributed by atoms with van der Waals surface area (Å²) in [6.45, 7) is 6.02. The van der Waals surface area contributed by atoms with Crippen LogP contribution < -0.4 is 10.1 Å². The van der Waals surface area contributed by atoms with Gasteiger partial charge in [-0.05, 0) is 49.1 Å². The van der Waals surface area contributed by atoms with Gasteiger partial charge < -0.3 is 15.0 Å². The number of benzene rings is 2. The molecule has 2 amide bonds. The normalized spacial score (nSPS) is 12.7. The van der Waals surface area contributed by atoms with E-state index in [0.717, 1.165) is 12.0 Å². The highest BCUT2D eigenvalue weighted by Crippen LogP contribution is 2.19. The van der Waals surface area contributed by atoms with Crippen LogP contribution in [0, 0.1) is 5.82 Å². The van der Waals surface area contributed by atoms with Crippen molar-refractivity contribution in [2.75, 3.05) is 7.11 Å². The first-order valence-electron chi connectivity index (χ1n) is 10.4. The van der Waals surface area contributed by atoms with Crippen molar-refractivity contribution >= 4 is 11.8 Å². The highest BCUT2D eigenvalue weighted by Gasteiger charge is 2.29. The van der Waals surface area contributed by atoms with Crippen molar-refractivity contribution in [3.63, 3.8) is 0 Å². The molecule has 2 atom stereocenters. The third-order valence-corrected chi connectivity index (χ3v) is 5.17. The van der Waals surface area contributed by atoms with E-state index in [4.69, 9.17) is 4.74 Å². The van der Waals surface area contributed by atoms with Crippen LogP contribution in [0.5, 0.6) is 5.75 Å². The maximum atomic E-state index is 14.1. The molecular formula is C24H31FN2O3. The van der Waals surface area contributed by atoms with Gasteiger partial charge >= 0.3 is 0 Å². The van der Waals surface area contributed by atoms with Gasteiger partial charge in [0.05, 0.1) is 13.5 Å². The Morgan fingerprint density at radius 3 is 2.47 bits per heavy atom. The van der Waals surface area contributed by atoms with Crippen molar-refractivity contribution in [2.45, 2.75) is 58.7 Å². The van der Waals surface area contributed by atoms with E-state index >= 15 is 0 Å². The smallest absolute Gasteiger partial charge is 0.243 e. The standard InChI is InChI=1S/C24H31FN2O3/c1-5-17(3)26-24(29)22(6-2)27(16-18-10-9-12-20(14-18)30-4)23(28)15-19-11-7-8-13-21(19)25/h7-14,17,22H,5-6,15-16H2,1-4H3,(H,26,29). The number of halogens is 1. The summed E-state index contributed by atoms with van der Waals surface area (Å²) in [7, 11) is 1.58. The molecule has 6 heteroatoms. The van der Waals surface area contributed by atoms with Crippen LogP contribution >= 0.6 is 0 Å². The summed E-state index contributed by atoms with van der Waals surface area (Å²) in [5.74, 6) is -0.249. The van der Waals surface area contributed by atoms with E-state index in [-0.39, 0.29) is 30.8 Å². The fourth-order valence-electron chi connectivity index (χ4n) is 3.23. The molecule has 0 heterocycles. The Morgan fingerprint density at radius 2 is 1.83 bits per heavy atom. The Balaban J connectivity index is 2.33. The zero-order valence-electron chi connectivity index (χ0n) is 18.2. The number of amides is 2. The van der Waals surface area contributed by atoms with Crippen LogP contribution in [0.3, 0.4) is 0 Å². The van der Waals surface area contributed by atoms with Gasteiger partial charge in [0.2, 0.25) is 11.8 Å². The first-order chi connectivity index (χ1) is 14.4. The summed E-state index contributed by atoms with van der Waals surface area (Å²) >= 11 is 0. The summed E-state index contributed by atoms with van der Waals surface area (Å²) in [5.41, 5.74) is 1.15. The number of hydrogen-bond acceptors (Lipinski definition) is 3. The molecule has 0 saturated heterocycles. The molecule has 0 saturated carbocycles. The van der Waals surface area contributed by atoms with Gasteiger partial charge in [-0.3, -0.25) is 9.59 Å². The molecule has 1 N–H and O–H groups in total. The molecule has 0 radical (unpaired) electrons. The lowest BCUT2D eigenvalue weighted by atomic mass is 10.1. The van der Waals surface area contributed by atoms with Crippen LogP contribution in [-0.4, -0.2) is 35.9 Å². The van der Waals surface area contributed by atoms with Gasteiger partial charge in [0.1, 0.15) is 17.6 Å². The molecule has 2 unspecified atom stereocenters. The quantitative estimate of drug-likeness (QED) is 0.637. The number of rotatable bonds is 10. The van der Waals surface area contributed by atoms with E-state index in [1.54, 1.807) is 30.2 Å². The lowest BCUT2D eigenvalue weighted by Gasteiger charge is -2.31. The molecule has 2 aromatic carbocycles. The van der Waals surface area contributed by atoms with Gasteiger partial charge in [-0.2, -0.15) is 0 Å². The number of carbonyl (C=O) groups is 2. The monoisotopic (exact) mass is 414 g/mol. The van der Waals surface area contributed by atoms with E-state index in [9.17, 15) is 14.0 Å². The van der Waals surface area contributed by atoms with E-state index in [1.807, 2.05) is 45.0 Å². The van der Waals surface area contributed by atoms with Crippen LogP contribution in [0.2, 0.25) is 0 Å². The largest absolute Gasteiger partial charge is 0.497 e. The number of nitrogens with zero attached hydrogens (tertiary/aromatic N) is 1. The van der Waals surface area contributed by atoms with Gasteiger partial charge in [0.25, 0.3) is 0 Å². The van der Waals surface area contributed by atoms with Gasteiger partial charge in [-0.1, -0.05) is 44.2 Å². The van der Waals surface area contributed by atoms with E-state index in [1.165, 1.54) is 6.07 Å². The fourth-order valence-corrected chi connectivity index (χ4v) is 3.23. The Labute approximate surface area is 178 Å². The van der Waals surface area contributed by atoms with Crippen LogP contribution in [-0.2, 0) is 22.6 Å². The number of hydrogen-bond donors (Lipinski definition) is 1. The van der Waals surface area contributed by atoms with E-state index in [0.29, 0.717) is 17.7 Å². The topological polar surface area (TPSA) is 58.6 Å². The van der Waals surface area contributed by atoms with E-state index < -0.39 is 11.9 Å². The Morgan fingerprint density at radius 1 is 1.10 bits per heavy atom. The molecular weight excluding hydrogens is 383 g/mol. The van der Waals surface area contributed by atoms with Crippen LogP contribution in [0.25, 0.3) is 0 Å². The molecule has 0 aliphatic rings. The van der Waals surface area contributed by atoms with Crippen molar-refractivity contribution in [1.29, 1.82) is 0 Å². The Bertz CT molecular complexity index is 856. The highest BCUT2D eigenvalue weighted by molar-refractivity contribution is 5.88. The maximum absolute atomic E-state index is 14.1. The summed E-state index contributed by atoms with van der Waals surface area (Å²) in [6, 6.07) is 13.0. The molecule has 0 bridgehead atoms. The van der Waals surface area contributed by atoms with Crippen LogP contribution in [0.4, 0.5) is 4.39 Å². The van der Waals surface area contributed by atoms with Gasteiger partial charge in [0, 0.05) is 12.6 Å². The molecule has 0 fully saturated rings. The first kappa shape index (κ1) is 23.4. The lowest BCUT2D eigenvalue weighted by Crippen LogP contribution is -2.51. The summed E-state index contributed by atoms with van der Waals surface area (Å²) in [4.78, 5) is 27.7. The van der Waals surface area contributed by atoms with Gasteiger partial charge in [0.15, 0.2) is 0 Å². The van der Waals surface area contributed by atoms with Crippen molar-refractivity contribution < 1.29 is 18.7 Å². The van der Waals surface area contributed by atoms with Crippen LogP contribution in [0.1, 0.15) is 44.7 Å². The average molecular weight is 415 g/mol. The summed E-state index contributed by atoms with van der Waals surface area (Å²) in [5, 5.41) is 2.97. The van der Waals surface area contributed by atoms with Gasteiger partial charge in [-0.25, -0.2) is 4.39 Å². The Hall–Kier alpha value is -2.89. The second-order valence-electron chi connectivity index (χ2n) is 7.38. The minimum absolute atomic E-state index is 0.00638. The highest BCUT2D eigenvalue weighted by atomic mass is 19.1. The van der Waals surface area contributed by atoms with Crippen molar-refractivity contribution in [3.05, 3.63) is 65.5 Å². The molecule has 0 spiro atoms. The predicted octanol–water partition coefficient (Wildman–Crippen LogP) is 4.10. The zero-order chi connectivity index (χ0) is 22.1. The number of methoxy groups -OCH3 is 1. The van der Waals surface area contributed by atoms with Crippen LogP contribution in [0.15, 0.2) is 48.5 Å². The first-order valence-corrected chi connectivity index (χ1v) is 10.4. The summed E-state index contributed by atoms with van der Waals surface area (Å²) < 4.78 is 19.4. The molecule has 162 valence electrons. The second-order valence-corrected chi connectivity index (χ2v) is 7.38. The molecule has 5 nitrogen and oxygen atoms in total. The molecule has 0 aliphatic carbocycles. The predicted molar refractivity (Wildman–Crippen MR) is 116 cm³/mol. The van der Waals surface area contributed by atoms with Gasteiger partial charge in [-0.15, -0.1) is 0 Å². The number of carbonyl (C=O) groups excluding carboxylic acids is 2. The molecule has 0 aliphatic heterocycles. The molecule has 0 aromatic heterocycles. The minimum atomic E-state index is -0.649. The third-order valence-electron chi connectivity index (χ3n) is 5.17. The average Bonchev–Trinajstić information content (AvgIpc) is 2.75. The lowest BCUT2D eigenvalue weighted by molar-refractivity contribution is -0.141. The molecule has 2 rings (SSSR count). The van der Waals surface area contributed by atoms with Crippen molar-refractivity contribution in [2.24, 2.45) is 0 Å². The summed E-state index contributed by atoms with van der Waals surface area (Å²) in [6.07, 6.45) is 1.14. The Kier molecular flexibility index (Phi) is 8.84. The second kappa shape index (κ2) is 11.3. The molecule has 30 heavy (non-hydrogen) atoms. The SMILES string of the molecule is CCC(C)NC(=O)C(CC)N(Cc1cccc(OC)c1)C(=O)Cc1ccccc1F. The number of ether oxygens (including phenoxy) is 1. The third kappa shape index (κ3) is 6.31. The van der Waals surface area contributed by atoms with E-state index in [2.05, 4.69) is 5.32 Å².